The van der Waals surface area contributed by atoms with Gasteiger partial charge in [0, 0.05) is 36.8 Å². The Labute approximate surface area is 228 Å². The monoisotopic (exact) mass is 554 g/mol. The van der Waals surface area contributed by atoms with Crippen LogP contribution in [0.2, 0.25) is 0 Å². The number of carbonyl (C=O) groups excluding carboxylic acids is 1. The van der Waals surface area contributed by atoms with E-state index in [4.69, 9.17) is 10.8 Å². The van der Waals surface area contributed by atoms with Gasteiger partial charge in [-0.25, -0.2) is 14.8 Å². The Morgan fingerprint density at radius 3 is 2.33 bits per heavy atom. The summed E-state index contributed by atoms with van der Waals surface area (Å²) in [6.45, 7) is 0.863. The highest BCUT2D eigenvalue weighted by Gasteiger charge is 2.57. The van der Waals surface area contributed by atoms with Gasteiger partial charge in [-0.3, -0.25) is 9.78 Å². The predicted molar refractivity (Wildman–Crippen MR) is 140 cm³/mol. The zero-order valence-electron chi connectivity index (χ0n) is 21.6. The molecule has 1 aliphatic carbocycles. The van der Waals surface area contributed by atoms with E-state index in [0.29, 0.717) is 44.5 Å². The Morgan fingerprint density at radius 1 is 1.07 bits per heavy atom. The average Bonchev–Trinajstić information content (AvgIpc) is 3.74. The van der Waals surface area contributed by atoms with Gasteiger partial charge in [0.2, 0.25) is 11.9 Å². The molecule has 1 aromatic carbocycles. The normalized spacial score (nSPS) is 17.7. The Morgan fingerprint density at radius 2 is 1.77 bits per heavy atom. The van der Waals surface area contributed by atoms with Gasteiger partial charge in [0.1, 0.15) is 0 Å². The summed E-state index contributed by atoms with van der Waals surface area (Å²) in [6, 6.07) is 12.5. The van der Waals surface area contributed by atoms with Gasteiger partial charge in [0.05, 0.1) is 28.6 Å². The van der Waals surface area contributed by atoms with Crippen LogP contribution in [0.1, 0.15) is 60.0 Å². The fourth-order valence-electron chi connectivity index (χ4n) is 5.46. The van der Waals surface area contributed by atoms with Crippen LogP contribution in [0.3, 0.4) is 0 Å². The van der Waals surface area contributed by atoms with E-state index in [1.807, 2.05) is 6.07 Å². The third kappa shape index (κ3) is 5.70. The van der Waals surface area contributed by atoms with Gasteiger partial charge < -0.3 is 21.1 Å². The van der Waals surface area contributed by atoms with Crippen LogP contribution in [0.5, 0.6) is 0 Å². The molecule has 2 aromatic heterocycles. The first-order valence-corrected chi connectivity index (χ1v) is 13.1. The van der Waals surface area contributed by atoms with E-state index >= 15 is 0 Å². The Bertz CT molecular complexity index is 1370. The minimum atomic E-state index is -4.73. The number of nitrogens with zero attached hydrogens (tertiary/aromatic N) is 4. The van der Waals surface area contributed by atoms with Crippen molar-refractivity contribution < 1.29 is 27.9 Å². The van der Waals surface area contributed by atoms with E-state index in [-0.39, 0.29) is 24.0 Å². The van der Waals surface area contributed by atoms with Crippen LogP contribution in [-0.4, -0.2) is 50.0 Å². The number of alkyl halides is 3. The molecular formula is C28H29F3N6O3. The summed E-state index contributed by atoms with van der Waals surface area (Å²) in [5.74, 6) is -1.46. The molecule has 1 saturated heterocycles. The van der Waals surface area contributed by atoms with Crippen molar-refractivity contribution in [1.29, 1.82) is 0 Å². The molecule has 210 valence electrons. The maximum atomic E-state index is 14.1. The van der Waals surface area contributed by atoms with Gasteiger partial charge in [-0.2, -0.15) is 13.2 Å². The maximum Gasteiger partial charge on any atom is 0.419 e. The third-order valence-corrected chi connectivity index (χ3v) is 7.91. The van der Waals surface area contributed by atoms with E-state index in [1.165, 1.54) is 4.90 Å². The molecule has 0 bridgehead atoms. The number of primary amides is 1. The molecule has 2 aliphatic rings. The van der Waals surface area contributed by atoms with Crippen LogP contribution >= 0.6 is 0 Å². The van der Waals surface area contributed by atoms with Crippen LogP contribution in [0.25, 0.3) is 0 Å². The molecule has 1 unspecified atom stereocenters. The summed E-state index contributed by atoms with van der Waals surface area (Å²) in [4.78, 5) is 37.7. The van der Waals surface area contributed by atoms with Crippen molar-refractivity contribution in [2.24, 2.45) is 11.1 Å². The van der Waals surface area contributed by atoms with Gasteiger partial charge in [-0.1, -0.05) is 30.3 Å². The zero-order valence-corrected chi connectivity index (χ0v) is 21.6. The van der Waals surface area contributed by atoms with Crippen molar-refractivity contribution in [2.75, 3.05) is 18.4 Å². The molecule has 2 fully saturated rings. The second-order valence-electron chi connectivity index (χ2n) is 10.4. The van der Waals surface area contributed by atoms with E-state index < -0.39 is 35.1 Å². The van der Waals surface area contributed by atoms with Crippen LogP contribution in [0.4, 0.5) is 29.6 Å². The molecule has 1 aliphatic heterocycles. The average molecular weight is 555 g/mol. The zero-order chi connectivity index (χ0) is 28.5. The molecule has 0 spiro atoms. The van der Waals surface area contributed by atoms with Crippen LogP contribution in [0, 0.1) is 5.41 Å². The number of nitrogens with one attached hydrogen (secondary N) is 1. The lowest BCUT2D eigenvalue weighted by Gasteiger charge is -2.29. The van der Waals surface area contributed by atoms with Gasteiger partial charge in [0.15, 0.2) is 0 Å². The van der Waals surface area contributed by atoms with Gasteiger partial charge >= 0.3 is 12.3 Å². The standard InChI is InChI=1S/C28H29F3N6O3/c29-28(30,31)21-16-34-25(35-19-6-7-22(33-15-19)18-8-12-37(13-9-18)26(39)40)36-23(21)20(27(10-11-27)24(32)38)14-17-4-2-1-3-5-17/h1-7,15-16,18,20H,8-14H2,(H2,32,38)(H,39,40)(H,34,35,36). The van der Waals surface area contributed by atoms with Gasteiger partial charge in [0.25, 0.3) is 0 Å². The third-order valence-electron chi connectivity index (χ3n) is 7.91. The molecule has 9 nitrogen and oxygen atoms in total. The van der Waals surface area contributed by atoms with Crippen molar-refractivity contribution in [1.82, 2.24) is 19.9 Å². The maximum absolute atomic E-state index is 14.1. The first-order chi connectivity index (χ1) is 19.1. The Kier molecular flexibility index (Phi) is 7.35. The number of rotatable bonds is 8. The molecule has 3 aromatic rings. The highest BCUT2D eigenvalue weighted by Crippen LogP contribution is 2.58. The van der Waals surface area contributed by atoms with Crippen molar-refractivity contribution in [3.05, 3.63) is 77.4 Å². The number of carboxylic acid groups (broad SMARTS) is 1. The largest absolute Gasteiger partial charge is 0.465 e. The Hall–Kier alpha value is -4.22. The minimum Gasteiger partial charge on any atom is -0.465 e. The first-order valence-electron chi connectivity index (χ1n) is 13.1. The van der Waals surface area contributed by atoms with Crippen molar-refractivity contribution >= 4 is 23.6 Å². The molecular weight excluding hydrogens is 525 g/mol. The van der Waals surface area contributed by atoms with Crippen LogP contribution in [0.15, 0.2) is 54.9 Å². The number of halogens is 3. The molecule has 40 heavy (non-hydrogen) atoms. The summed E-state index contributed by atoms with van der Waals surface area (Å²) in [5.41, 5.74) is 5.42. The minimum absolute atomic E-state index is 0.0503. The predicted octanol–water partition coefficient (Wildman–Crippen LogP) is 5.08. The number of benzene rings is 1. The number of hydrogen-bond donors (Lipinski definition) is 3. The smallest absolute Gasteiger partial charge is 0.419 e. The van der Waals surface area contributed by atoms with Crippen LogP contribution in [-0.2, 0) is 17.4 Å². The number of nitrogens with two attached hydrogens (primary N) is 1. The lowest BCUT2D eigenvalue weighted by Crippen LogP contribution is -2.36. The van der Waals surface area contributed by atoms with Crippen LogP contribution < -0.4 is 11.1 Å². The van der Waals surface area contributed by atoms with E-state index in [2.05, 4.69) is 20.3 Å². The van der Waals surface area contributed by atoms with E-state index in [1.54, 1.807) is 42.6 Å². The fraction of sp³-hybridized carbons (Fsp3) is 0.393. The van der Waals surface area contributed by atoms with Crippen molar-refractivity contribution in [3.8, 4) is 0 Å². The van der Waals surface area contributed by atoms with E-state index in [9.17, 15) is 22.8 Å². The fourth-order valence-corrected chi connectivity index (χ4v) is 5.46. The highest BCUT2D eigenvalue weighted by atomic mass is 19.4. The number of amides is 2. The lowest BCUT2D eigenvalue weighted by molar-refractivity contribution is -0.139. The number of hydrogen-bond acceptors (Lipinski definition) is 6. The summed E-state index contributed by atoms with van der Waals surface area (Å²) in [7, 11) is 0. The van der Waals surface area contributed by atoms with Gasteiger partial charge in [-0.05, 0) is 49.8 Å². The quantitative estimate of drug-likeness (QED) is 0.353. The number of piperidine rings is 1. The highest BCUT2D eigenvalue weighted by molar-refractivity contribution is 5.85. The topological polar surface area (TPSA) is 134 Å². The van der Waals surface area contributed by atoms with Crippen molar-refractivity contribution in [2.45, 2.75) is 50.1 Å². The first kappa shape index (κ1) is 27.4. The number of anilines is 2. The number of carbonyl (C=O) groups is 2. The molecule has 0 radical (unpaired) electrons. The second kappa shape index (κ2) is 10.7. The summed E-state index contributed by atoms with van der Waals surface area (Å²) >= 11 is 0. The Balaban J connectivity index is 1.42. The summed E-state index contributed by atoms with van der Waals surface area (Å²) in [6.07, 6.45) is -1.11. The molecule has 1 atom stereocenters. The number of pyridine rings is 1. The van der Waals surface area contributed by atoms with E-state index in [0.717, 1.165) is 17.5 Å². The molecule has 3 heterocycles. The second-order valence-corrected chi connectivity index (χ2v) is 10.4. The molecule has 4 N–H and O–H groups in total. The summed E-state index contributed by atoms with van der Waals surface area (Å²) < 4.78 is 42.4. The van der Waals surface area contributed by atoms with Gasteiger partial charge in [-0.15, -0.1) is 0 Å². The van der Waals surface area contributed by atoms with Crippen molar-refractivity contribution in [3.63, 3.8) is 0 Å². The molecule has 5 rings (SSSR count). The summed E-state index contributed by atoms with van der Waals surface area (Å²) in [5, 5.41) is 12.1. The molecule has 12 heteroatoms. The number of aromatic nitrogens is 3. The molecule has 2 amide bonds. The lowest BCUT2D eigenvalue weighted by atomic mass is 9.79. The SMILES string of the molecule is NC(=O)C1(C(Cc2ccccc2)c2nc(Nc3ccc(C4CCN(C(=O)O)CC4)nc3)ncc2C(F)(F)F)CC1. The molecule has 1 saturated carbocycles. The number of likely N-dealkylation sites (tertiary alicyclic amines) is 1.